The van der Waals surface area contributed by atoms with E-state index in [0.717, 1.165) is 52.1 Å². The SMILES string of the molecule is CN=C(NCCCCN1CCN(c2cccc(C)c2)CC1)NC1CCS(=O)(=O)C1. The van der Waals surface area contributed by atoms with Crippen molar-refractivity contribution < 1.29 is 8.42 Å². The van der Waals surface area contributed by atoms with E-state index in [-0.39, 0.29) is 17.5 Å². The fourth-order valence-electron chi connectivity index (χ4n) is 4.02. The predicted octanol–water partition coefficient (Wildman–Crippen LogP) is 1.25. The average molecular weight is 422 g/mol. The van der Waals surface area contributed by atoms with Gasteiger partial charge in [0.2, 0.25) is 0 Å². The van der Waals surface area contributed by atoms with Crippen LogP contribution in [0, 0.1) is 6.92 Å². The molecule has 0 bridgehead atoms. The van der Waals surface area contributed by atoms with Gasteiger partial charge in [0.1, 0.15) is 0 Å². The zero-order chi connectivity index (χ0) is 20.7. The number of anilines is 1. The number of benzene rings is 1. The van der Waals surface area contributed by atoms with Gasteiger partial charge in [-0.3, -0.25) is 9.89 Å². The lowest BCUT2D eigenvalue weighted by molar-refractivity contribution is 0.253. The first-order valence-corrected chi connectivity index (χ1v) is 12.5. The summed E-state index contributed by atoms with van der Waals surface area (Å²) in [5, 5.41) is 6.54. The fourth-order valence-corrected chi connectivity index (χ4v) is 5.69. The molecule has 3 rings (SSSR count). The van der Waals surface area contributed by atoms with Crippen LogP contribution in [0.3, 0.4) is 0 Å². The second-order valence-electron chi connectivity index (χ2n) is 8.12. The molecule has 1 aromatic rings. The molecule has 0 amide bonds. The number of aryl methyl sites for hydroxylation is 1. The van der Waals surface area contributed by atoms with Gasteiger partial charge in [-0.2, -0.15) is 0 Å². The van der Waals surface area contributed by atoms with Gasteiger partial charge in [-0.05, 0) is 50.4 Å². The summed E-state index contributed by atoms with van der Waals surface area (Å²) in [4.78, 5) is 9.23. The number of rotatable bonds is 7. The molecule has 8 heteroatoms. The molecular formula is C21H35N5O2S. The van der Waals surface area contributed by atoms with Crippen LogP contribution >= 0.6 is 0 Å². The molecule has 1 aromatic carbocycles. The smallest absolute Gasteiger partial charge is 0.191 e. The molecule has 0 saturated carbocycles. The first kappa shape index (κ1) is 21.9. The van der Waals surface area contributed by atoms with Crippen LogP contribution in [0.15, 0.2) is 29.3 Å². The summed E-state index contributed by atoms with van der Waals surface area (Å²) in [6.45, 7) is 8.51. The maximum Gasteiger partial charge on any atom is 0.191 e. The van der Waals surface area contributed by atoms with Crippen molar-refractivity contribution in [2.75, 3.05) is 62.7 Å². The number of aliphatic imine (C=N–C) groups is 1. The number of hydrogen-bond acceptors (Lipinski definition) is 5. The van der Waals surface area contributed by atoms with Crippen LogP contribution in [-0.2, 0) is 9.84 Å². The number of nitrogens with zero attached hydrogens (tertiary/aromatic N) is 3. The highest BCUT2D eigenvalue weighted by molar-refractivity contribution is 7.91. The maximum absolute atomic E-state index is 11.6. The number of unbranched alkanes of at least 4 members (excludes halogenated alkanes) is 1. The summed E-state index contributed by atoms with van der Waals surface area (Å²) < 4.78 is 23.1. The van der Waals surface area contributed by atoms with E-state index >= 15 is 0 Å². The molecule has 2 aliphatic heterocycles. The Hall–Kier alpha value is -1.80. The number of nitrogens with one attached hydrogen (secondary N) is 2. The lowest BCUT2D eigenvalue weighted by atomic mass is 10.2. The summed E-state index contributed by atoms with van der Waals surface area (Å²) in [6.07, 6.45) is 2.88. The predicted molar refractivity (Wildman–Crippen MR) is 121 cm³/mol. The third-order valence-corrected chi connectivity index (χ3v) is 7.50. The second-order valence-corrected chi connectivity index (χ2v) is 10.3. The standard InChI is InChI=1S/C21H35N5O2S/c1-18-6-5-7-20(16-18)26-13-11-25(12-14-26)10-4-3-9-23-21(22-2)24-19-8-15-29(27,28)17-19/h5-7,16,19H,3-4,8-15,17H2,1-2H3,(H2,22,23,24). The molecule has 0 radical (unpaired) electrons. The maximum atomic E-state index is 11.6. The van der Waals surface area contributed by atoms with Crippen LogP contribution in [0.25, 0.3) is 0 Å². The van der Waals surface area contributed by atoms with Crippen molar-refractivity contribution >= 4 is 21.5 Å². The normalized spacial score (nSPS) is 22.6. The fraction of sp³-hybridized carbons (Fsp3) is 0.667. The molecule has 162 valence electrons. The number of hydrogen-bond donors (Lipinski definition) is 2. The number of sulfone groups is 1. The van der Waals surface area contributed by atoms with E-state index in [1.807, 2.05) is 0 Å². The van der Waals surface area contributed by atoms with Gasteiger partial charge in [-0.1, -0.05) is 12.1 Å². The summed E-state index contributed by atoms with van der Waals surface area (Å²) in [5.41, 5.74) is 2.65. The van der Waals surface area contributed by atoms with Gasteiger partial charge < -0.3 is 15.5 Å². The van der Waals surface area contributed by atoms with Gasteiger partial charge in [0.25, 0.3) is 0 Å². The van der Waals surface area contributed by atoms with Crippen molar-refractivity contribution in [2.24, 2.45) is 4.99 Å². The summed E-state index contributed by atoms with van der Waals surface area (Å²) in [7, 11) is -1.14. The summed E-state index contributed by atoms with van der Waals surface area (Å²) in [6, 6.07) is 8.74. The third-order valence-electron chi connectivity index (χ3n) is 5.73. The third kappa shape index (κ3) is 6.89. The molecule has 2 saturated heterocycles. The molecule has 0 aromatic heterocycles. The molecule has 2 aliphatic rings. The van der Waals surface area contributed by atoms with Gasteiger partial charge in [0, 0.05) is 51.5 Å². The minimum atomic E-state index is -2.87. The van der Waals surface area contributed by atoms with Crippen LogP contribution in [0.2, 0.25) is 0 Å². The molecule has 29 heavy (non-hydrogen) atoms. The first-order chi connectivity index (χ1) is 13.9. The molecule has 1 unspecified atom stereocenters. The van der Waals surface area contributed by atoms with Crippen LogP contribution in [0.5, 0.6) is 0 Å². The van der Waals surface area contributed by atoms with Crippen molar-refractivity contribution in [3.05, 3.63) is 29.8 Å². The molecular weight excluding hydrogens is 386 g/mol. The van der Waals surface area contributed by atoms with Crippen LogP contribution in [0.1, 0.15) is 24.8 Å². The van der Waals surface area contributed by atoms with Gasteiger partial charge >= 0.3 is 0 Å². The van der Waals surface area contributed by atoms with Crippen LogP contribution in [0.4, 0.5) is 5.69 Å². The van der Waals surface area contributed by atoms with E-state index in [4.69, 9.17) is 0 Å². The second kappa shape index (κ2) is 10.3. The Bertz CT molecular complexity index is 788. The Labute approximate surface area is 175 Å². The van der Waals surface area contributed by atoms with Crippen LogP contribution in [-0.4, -0.2) is 83.1 Å². The first-order valence-electron chi connectivity index (χ1n) is 10.7. The van der Waals surface area contributed by atoms with E-state index in [1.54, 1.807) is 7.05 Å². The average Bonchev–Trinajstić information content (AvgIpc) is 3.05. The Kier molecular flexibility index (Phi) is 7.77. The lowest BCUT2D eigenvalue weighted by Crippen LogP contribution is -2.47. The van der Waals surface area contributed by atoms with Crippen LogP contribution < -0.4 is 15.5 Å². The molecule has 0 aliphatic carbocycles. The van der Waals surface area contributed by atoms with E-state index in [1.165, 1.54) is 11.3 Å². The van der Waals surface area contributed by atoms with E-state index in [2.05, 4.69) is 56.6 Å². The Morgan fingerprint density at radius 1 is 1.21 bits per heavy atom. The van der Waals surface area contributed by atoms with Gasteiger partial charge in [0.15, 0.2) is 15.8 Å². The van der Waals surface area contributed by atoms with E-state index in [0.29, 0.717) is 12.4 Å². The highest BCUT2D eigenvalue weighted by Crippen LogP contribution is 2.18. The Morgan fingerprint density at radius 2 is 2.00 bits per heavy atom. The van der Waals surface area contributed by atoms with Gasteiger partial charge in [-0.25, -0.2) is 8.42 Å². The quantitative estimate of drug-likeness (QED) is 0.392. The molecule has 7 nitrogen and oxygen atoms in total. The monoisotopic (exact) mass is 421 g/mol. The van der Waals surface area contributed by atoms with Crippen molar-refractivity contribution in [2.45, 2.75) is 32.2 Å². The number of piperazine rings is 1. The summed E-state index contributed by atoms with van der Waals surface area (Å²) >= 11 is 0. The number of guanidine groups is 1. The largest absolute Gasteiger partial charge is 0.369 e. The molecule has 2 N–H and O–H groups in total. The zero-order valence-electron chi connectivity index (χ0n) is 17.7. The van der Waals surface area contributed by atoms with Crippen molar-refractivity contribution in [1.82, 2.24) is 15.5 Å². The minimum Gasteiger partial charge on any atom is -0.369 e. The molecule has 1 atom stereocenters. The Balaban J connectivity index is 1.28. The molecule has 2 fully saturated rings. The van der Waals surface area contributed by atoms with Crippen molar-refractivity contribution in [3.8, 4) is 0 Å². The molecule has 0 spiro atoms. The highest BCUT2D eigenvalue weighted by atomic mass is 32.2. The highest BCUT2D eigenvalue weighted by Gasteiger charge is 2.28. The summed E-state index contributed by atoms with van der Waals surface area (Å²) in [5.74, 6) is 1.19. The van der Waals surface area contributed by atoms with Gasteiger partial charge in [0.05, 0.1) is 11.5 Å². The van der Waals surface area contributed by atoms with Crippen molar-refractivity contribution in [1.29, 1.82) is 0 Å². The van der Waals surface area contributed by atoms with Gasteiger partial charge in [-0.15, -0.1) is 0 Å². The lowest BCUT2D eigenvalue weighted by Gasteiger charge is -2.36. The minimum absolute atomic E-state index is 0.0177. The van der Waals surface area contributed by atoms with E-state index < -0.39 is 9.84 Å². The zero-order valence-corrected chi connectivity index (χ0v) is 18.5. The van der Waals surface area contributed by atoms with Crippen molar-refractivity contribution in [3.63, 3.8) is 0 Å². The molecule has 2 heterocycles. The van der Waals surface area contributed by atoms with E-state index in [9.17, 15) is 8.42 Å². The Morgan fingerprint density at radius 3 is 2.66 bits per heavy atom. The topological polar surface area (TPSA) is 77.0 Å².